The van der Waals surface area contributed by atoms with Crippen LogP contribution < -0.4 is 10.1 Å². The SMILES string of the molecule is COc1ccc(CN2CCNC(=O)[C@@H]2CC(=O)N(C)C)c(F)c1. The molecule has 0 bridgehead atoms. The molecule has 0 spiro atoms. The fourth-order valence-corrected chi connectivity index (χ4v) is 2.52. The zero-order valence-electron chi connectivity index (χ0n) is 13.6. The molecule has 6 nitrogen and oxygen atoms in total. The molecule has 0 saturated carbocycles. The molecule has 126 valence electrons. The number of nitrogens with one attached hydrogen (secondary N) is 1. The van der Waals surface area contributed by atoms with Crippen LogP contribution >= 0.6 is 0 Å². The summed E-state index contributed by atoms with van der Waals surface area (Å²) < 4.78 is 19.1. The van der Waals surface area contributed by atoms with Crippen LogP contribution in [0.3, 0.4) is 0 Å². The molecule has 1 heterocycles. The minimum atomic E-state index is -0.583. The Bertz CT molecular complexity index is 592. The summed E-state index contributed by atoms with van der Waals surface area (Å²) in [7, 11) is 4.78. The molecule has 0 aromatic heterocycles. The maximum Gasteiger partial charge on any atom is 0.237 e. The average molecular weight is 323 g/mol. The number of amides is 2. The van der Waals surface area contributed by atoms with Gasteiger partial charge in [-0.25, -0.2) is 4.39 Å². The third-order valence-electron chi connectivity index (χ3n) is 3.94. The number of piperazine rings is 1. The van der Waals surface area contributed by atoms with Gasteiger partial charge in [0.05, 0.1) is 19.6 Å². The third kappa shape index (κ3) is 4.19. The normalized spacial score (nSPS) is 18.4. The first-order chi connectivity index (χ1) is 10.9. The zero-order chi connectivity index (χ0) is 17.0. The van der Waals surface area contributed by atoms with E-state index in [0.29, 0.717) is 24.4 Å². The molecule has 23 heavy (non-hydrogen) atoms. The van der Waals surface area contributed by atoms with Gasteiger partial charge in [-0.1, -0.05) is 6.07 Å². The Balaban J connectivity index is 2.15. The summed E-state index contributed by atoms with van der Waals surface area (Å²) >= 11 is 0. The summed E-state index contributed by atoms with van der Waals surface area (Å²) in [5.41, 5.74) is 0.475. The summed E-state index contributed by atoms with van der Waals surface area (Å²) in [6, 6.07) is 4.06. The van der Waals surface area contributed by atoms with E-state index in [1.54, 1.807) is 26.2 Å². The van der Waals surface area contributed by atoms with Crippen LogP contribution in [0.1, 0.15) is 12.0 Å². The fourth-order valence-electron chi connectivity index (χ4n) is 2.52. The lowest BCUT2D eigenvalue weighted by molar-refractivity contribution is -0.137. The summed E-state index contributed by atoms with van der Waals surface area (Å²) in [5, 5.41) is 2.76. The van der Waals surface area contributed by atoms with E-state index < -0.39 is 6.04 Å². The molecule has 1 aliphatic rings. The molecular weight excluding hydrogens is 301 g/mol. The van der Waals surface area contributed by atoms with Crippen molar-refractivity contribution in [1.82, 2.24) is 15.1 Å². The standard InChI is InChI=1S/C16H22FN3O3/c1-19(2)15(21)9-14-16(22)18-6-7-20(14)10-11-4-5-12(23-3)8-13(11)17/h4-5,8,14H,6-7,9-10H2,1-3H3,(H,18,22)/t14-/m0/s1. The van der Waals surface area contributed by atoms with Crippen molar-refractivity contribution in [3.8, 4) is 5.75 Å². The fraction of sp³-hybridized carbons (Fsp3) is 0.500. The van der Waals surface area contributed by atoms with Gasteiger partial charge in [-0.05, 0) is 6.07 Å². The quantitative estimate of drug-likeness (QED) is 0.863. The number of benzene rings is 1. The largest absolute Gasteiger partial charge is 0.497 e. The molecule has 2 rings (SSSR count). The van der Waals surface area contributed by atoms with Gasteiger partial charge in [-0.2, -0.15) is 0 Å². The molecular formula is C16H22FN3O3. The summed E-state index contributed by atoms with van der Waals surface area (Å²) in [4.78, 5) is 27.3. The van der Waals surface area contributed by atoms with Crippen LogP contribution in [0.15, 0.2) is 18.2 Å². The van der Waals surface area contributed by atoms with Crippen LogP contribution in [0.25, 0.3) is 0 Å². The number of ether oxygens (including phenoxy) is 1. The highest BCUT2D eigenvalue weighted by Gasteiger charge is 2.32. The summed E-state index contributed by atoms with van der Waals surface area (Å²) in [5.74, 6) is -0.261. The first-order valence-corrected chi connectivity index (χ1v) is 7.46. The minimum Gasteiger partial charge on any atom is -0.497 e. The summed E-state index contributed by atoms with van der Waals surface area (Å²) in [6.07, 6.45) is 0.0800. The van der Waals surface area contributed by atoms with Crippen LogP contribution in [0, 0.1) is 5.82 Å². The van der Waals surface area contributed by atoms with Crippen LogP contribution in [0.4, 0.5) is 4.39 Å². The van der Waals surface area contributed by atoms with E-state index in [0.717, 1.165) is 0 Å². The maximum atomic E-state index is 14.1. The van der Waals surface area contributed by atoms with Crippen molar-refractivity contribution in [3.05, 3.63) is 29.6 Å². The van der Waals surface area contributed by atoms with Gasteiger partial charge < -0.3 is 15.0 Å². The van der Waals surface area contributed by atoms with E-state index in [2.05, 4.69) is 5.32 Å². The number of hydrogen-bond donors (Lipinski definition) is 1. The Morgan fingerprint density at radius 1 is 1.48 bits per heavy atom. The smallest absolute Gasteiger partial charge is 0.237 e. The zero-order valence-corrected chi connectivity index (χ0v) is 13.6. The second kappa shape index (κ2) is 7.41. The Kier molecular flexibility index (Phi) is 5.54. The van der Waals surface area contributed by atoms with Crippen LogP contribution in [0.2, 0.25) is 0 Å². The van der Waals surface area contributed by atoms with E-state index >= 15 is 0 Å². The molecule has 0 unspecified atom stereocenters. The lowest BCUT2D eigenvalue weighted by Crippen LogP contribution is -2.56. The molecule has 7 heteroatoms. The van der Waals surface area contributed by atoms with Gasteiger partial charge in [0, 0.05) is 45.4 Å². The maximum absolute atomic E-state index is 14.1. The first-order valence-electron chi connectivity index (χ1n) is 7.46. The Labute approximate surface area is 135 Å². The van der Waals surface area contributed by atoms with E-state index in [-0.39, 0.29) is 30.6 Å². The number of methoxy groups -OCH3 is 1. The average Bonchev–Trinajstić information content (AvgIpc) is 2.52. The van der Waals surface area contributed by atoms with Crippen molar-refractivity contribution < 1.29 is 18.7 Å². The van der Waals surface area contributed by atoms with Crippen molar-refractivity contribution in [1.29, 1.82) is 0 Å². The van der Waals surface area contributed by atoms with Gasteiger partial charge >= 0.3 is 0 Å². The van der Waals surface area contributed by atoms with E-state index in [9.17, 15) is 14.0 Å². The second-order valence-corrected chi connectivity index (χ2v) is 5.73. The highest BCUT2D eigenvalue weighted by atomic mass is 19.1. The van der Waals surface area contributed by atoms with Gasteiger partial charge in [0.25, 0.3) is 0 Å². The topological polar surface area (TPSA) is 61.9 Å². The minimum absolute atomic E-state index is 0.0800. The molecule has 0 radical (unpaired) electrons. The third-order valence-corrected chi connectivity index (χ3v) is 3.94. The molecule has 1 aromatic carbocycles. The van der Waals surface area contributed by atoms with Gasteiger partial charge in [0.2, 0.25) is 11.8 Å². The lowest BCUT2D eigenvalue weighted by Gasteiger charge is -2.35. The first kappa shape index (κ1) is 17.2. The van der Waals surface area contributed by atoms with Gasteiger partial charge in [-0.3, -0.25) is 14.5 Å². The Morgan fingerprint density at radius 3 is 2.83 bits per heavy atom. The predicted octanol–water partition coefficient (Wildman–Crippen LogP) is 0.613. The molecule has 1 aromatic rings. The molecule has 0 aliphatic carbocycles. The van der Waals surface area contributed by atoms with Gasteiger partial charge in [-0.15, -0.1) is 0 Å². The number of halogens is 1. The molecule has 1 fully saturated rings. The number of hydrogen-bond acceptors (Lipinski definition) is 4. The predicted molar refractivity (Wildman–Crippen MR) is 83.5 cm³/mol. The van der Waals surface area contributed by atoms with Crippen LogP contribution in [-0.2, 0) is 16.1 Å². The molecule has 2 amide bonds. The number of rotatable bonds is 5. The number of carbonyl (C=O) groups is 2. The van der Waals surface area contributed by atoms with Crippen molar-refractivity contribution in [2.24, 2.45) is 0 Å². The van der Waals surface area contributed by atoms with Crippen LogP contribution in [0.5, 0.6) is 5.75 Å². The number of carbonyl (C=O) groups excluding carboxylic acids is 2. The van der Waals surface area contributed by atoms with Crippen molar-refractivity contribution in [2.45, 2.75) is 19.0 Å². The monoisotopic (exact) mass is 323 g/mol. The second-order valence-electron chi connectivity index (χ2n) is 5.73. The van der Waals surface area contributed by atoms with Crippen molar-refractivity contribution in [3.63, 3.8) is 0 Å². The summed E-state index contributed by atoms with van der Waals surface area (Å²) in [6.45, 7) is 1.33. The Morgan fingerprint density at radius 2 is 2.22 bits per heavy atom. The molecule has 1 N–H and O–H groups in total. The molecule has 1 aliphatic heterocycles. The van der Waals surface area contributed by atoms with Crippen molar-refractivity contribution in [2.75, 3.05) is 34.3 Å². The van der Waals surface area contributed by atoms with Crippen molar-refractivity contribution >= 4 is 11.8 Å². The molecule has 1 saturated heterocycles. The highest BCUT2D eigenvalue weighted by molar-refractivity contribution is 5.88. The Hall–Kier alpha value is -2.15. The van der Waals surface area contributed by atoms with E-state index in [1.807, 2.05) is 4.90 Å². The van der Waals surface area contributed by atoms with E-state index in [4.69, 9.17) is 4.74 Å². The highest BCUT2D eigenvalue weighted by Crippen LogP contribution is 2.20. The van der Waals surface area contributed by atoms with E-state index in [1.165, 1.54) is 18.1 Å². The lowest BCUT2D eigenvalue weighted by atomic mass is 10.1. The number of nitrogens with zero attached hydrogens (tertiary/aromatic N) is 2. The van der Waals surface area contributed by atoms with Crippen LogP contribution in [-0.4, -0.2) is 62.0 Å². The van der Waals surface area contributed by atoms with Gasteiger partial charge in [0.1, 0.15) is 11.6 Å². The van der Waals surface area contributed by atoms with Gasteiger partial charge in [0.15, 0.2) is 0 Å². The molecule has 1 atom stereocenters.